The van der Waals surface area contributed by atoms with E-state index in [-0.39, 0.29) is 0 Å². The quantitative estimate of drug-likeness (QED) is 0.451. The van der Waals surface area contributed by atoms with Crippen LogP contribution in [0.1, 0.15) is 5.56 Å². The van der Waals surface area contributed by atoms with Crippen molar-refractivity contribution in [1.29, 1.82) is 0 Å². The molecule has 0 fully saturated rings. The lowest BCUT2D eigenvalue weighted by molar-refractivity contribution is 0.259. The van der Waals surface area contributed by atoms with Crippen LogP contribution in [0.3, 0.4) is 0 Å². The fourth-order valence-electron chi connectivity index (χ4n) is 1.13. The molecule has 1 aromatic rings. The van der Waals surface area contributed by atoms with Crippen LogP contribution in [0.2, 0.25) is 0 Å². The Morgan fingerprint density at radius 3 is 3.12 bits per heavy atom. The highest BCUT2D eigenvalue weighted by Gasteiger charge is 1.95. The minimum atomic E-state index is -0.602. The lowest BCUT2D eigenvalue weighted by Crippen LogP contribution is -2.19. The van der Waals surface area contributed by atoms with Gasteiger partial charge in [0.25, 0.3) is 0 Å². The van der Waals surface area contributed by atoms with Crippen LogP contribution < -0.4 is 11.1 Å². The predicted octanol–water partition coefficient (Wildman–Crippen LogP) is 2.50. The zero-order chi connectivity index (χ0) is 11.8. The summed E-state index contributed by atoms with van der Waals surface area (Å²) in [5, 5.41) is 5.83. The van der Waals surface area contributed by atoms with Gasteiger partial charge in [0.1, 0.15) is 0 Å². The molecule has 6 nitrogen and oxygen atoms in total. The molecule has 0 unspecified atom stereocenters. The number of nitrogens with one attached hydrogen (secondary N) is 1. The fourth-order valence-corrected chi connectivity index (χ4v) is 1.13. The first kappa shape index (κ1) is 11.6. The minimum absolute atomic E-state index is 0.296. The largest absolute Gasteiger partial charge is 0.351 e. The van der Waals surface area contributed by atoms with Gasteiger partial charge in [0.05, 0.1) is 0 Å². The molecule has 82 valence electrons. The molecule has 2 amide bonds. The van der Waals surface area contributed by atoms with Gasteiger partial charge in [-0.25, -0.2) is 4.79 Å². The summed E-state index contributed by atoms with van der Waals surface area (Å²) in [6, 6.07) is 6.54. The summed E-state index contributed by atoms with van der Waals surface area (Å²) < 4.78 is 0. The van der Waals surface area contributed by atoms with Crippen molar-refractivity contribution in [3.63, 3.8) is 0 Å². The van der Waals surface area contributed by atoms with Crippen molar-refractivity contribution < 1.29 is 4.79 Å². The number of azide groups is 1. The summed E-state index contributed by atoms with van der Waals surface area (Å²) in [7, 11) is 0. The first-order valence-electron chi connectivity index (χ1n) is 4.56. The summed E-state index contributed by atoms with van der Waals surface area (Å²) in [5.74, 6) is 0. The Bertz CT molecular complexity index is 448. The molecule has 0 spiro atoms. The van der Waals surface area contributed by atoms with E-state index in [1.165, 1.54) is 0 Å². The number of hydrogen-bond acceptors (Lipinski definition) is 2. The SMILES string of the molecule is [N-]=[N+]=NCC=Cc1cccc(NC(N)=O)c1. The van der Waals surface area contributed by atoms with Crippen LogP contribution in [-0.2, 0) is 0 Å². The first-order valence-corrected chi connectivity index (χ1v) is 4.56. The third kappa shape index (κ3) is 4.17. The molecule has 0 saturated heterocycles. The van der Waals surface area contributed by atoms with E-state index in [2.05, 4.69) is 15.3 Å². The summed E-state index contributed by atoms with van der Waals surface area (Å²) >= 11 is 0. The second kappa shape index (κ2) is 6.10. The van der Waals surface area contributed by atoms with Crippen molar-refractivity contribution in [3.8, 4) is 0 Å². The Morgan fingerprint density at radius 2 is 2.44 bits per heavy atom. The van der Waals surface area contributed by atoms with Gasteiger partial charge in [0, 0.05) is 17.1 Å². The average Bonchev–Trinajstić information content (AvgIpc) is 2.24. The van der Waals surface area contributed by atoms with Crippen LogP contribution in [0.25, 0.3) is 16.5 Å². The maximum atomic E-state index is 10.6. The summed E-state index contributed by atoms with van der Waals surface area (Å²) in [5.41, 5.74) is 14.6. The number of hydrogen-bond donors (Lipinski definition) is 2. The number of amides is 2. The Labute approximate surface area is 92.4 Å². The van der Waals surface area contributed by atoms with Gasteiger partial charge < -0.3 is 11.1 Å². The average molecular weight is 217 g/mol. The molecule has 1 aromatic carbocycles. The van der Waals surface area contributed by atoms with Gasteiger partial charge in [-0.05, 0) is 23.2 Å². The molecule has 0 heterocycles. The second-order valence-electron chi connectivity index (χ2n) is 2.93. The number of nitrogens with zero attached hydrogens (tertiary/aromatic N) is 3. The zero-order valence-electron chi connectivity index (χ0n) is 8.50. The van der Waals surface area contributed by atoms with Crippen LogP contribution in [0.15, 0.2) is 35.5 Å². The molecule has 6 heteroatoms. The molecule has 1 rings (SSSR count). The van der Waals surface area contributed by atoms with Crippen LogP contribution in [0.5, 0.6) is 0 Å². The van der Waals surface area contributed by atoms with Crippen LogP contribution in [0.4, 0.5) is 10.5 Å². The molecule has 16 heavy (non-hydrogen) atoms. The molecule has 0 bridgehead atoms. The van der Waals surface area contributed by atoms with Gasteiger partial charge in [0.2, 0.25) is 0 Å². The smallest absolute Gasteiger partial charge is 0.316 e. The minimum Gasteiger partial charge on any atom is -0.351 e. The van der Waals surface area contributed by atoms with Gasteiger partial charge in [-0.1, -0.05) is 29.4 Å². The number of rotatable bonds is 4. The Hall–Kier alpha value is -2.46. The number of carbonyl (C=O) groups is 1. The van der Waals surface area contributed by atoms with Gasteiger partial charge in [-0.15, -0.1) is 0 Å². The van der Waals surface area contributed by atoms with E-state index in [4.69, 9.17) is 11.3 Å². The number of nitrogens with two attached hydrogens (primary N) is 1. The van der Waals surface area contributed by atoms with E-state index in [9.17, 15) is 4.79 Å². The lowest BCUT2D eigenvalue weighted by atomic mass is 10.2. The van der Waals surface area contributed by atoms with E-state index in [1.54, 1.807) is 30.4 Å². The Kier molecular flexibility index (Phi) is 4.43. The molecular formula is C10H11N5O. The number of primary amides is 1. The highest BCUT2D eigenvalue weighted by Crippen LogP contribution is 2.11. The third-order valence-electron chi connectivity index (χ3n) is 1.71. The summed E-state index contributed by atoms with van der Waals surface area (Å²) in [6.45, 7) is 0.296. The number of carbonyl (C=O) groups excluding carboxylic acids is 1. The topological polar surface area (TPSA) is 104 Å². The van der Waals surface area contributed by atoms with E-state index >= 15 is 0 Å². The highest BCUT2D eigenvalue weighted by atomic mass is 16.2. The molecule has 0 aliphatic heterocycles. The van der Waals surface area contributed by atoms with E-state index in [0.29, 0.717) is 12.2 Å². The van der Waals surface area contributed by atoms with E-state index in [1.807, 2.05) is 6.07 Å². The molecule has 0 aliphatic carbocycles. The highest BCUT2D eigenvalue weighted by molar-refractivity contribution is 5.88. The molecular weight excluding hydrogens is 206 g/mol. The van der Waals surface area contributed by atoms with Gasteiger partial charge in [0.15, 0.2) is 0 Å². The Balaban J connectivity index is 2.70. The van der Waals surface area contributed by atoms with Crippen molar-refractivity contribution in [1.82, 2.24) is 0 Å². The molecule has 0 aliphatic rings. The zero-order valence-corrected chi connectivity index (χ0v) is 8.50. The summed E-state index contributed by atoms with van der Waals surface area (Å²) in [4.78, 5) is 13.2. The second-order valence-corrected chi connectivity index (χ2v) is 2.93. The van der Waals surface area contributed by atoms with Crippen LogP contribution in [0, 0.1) is 0 Å². The number of benzene rings is 1. The third-order valence-corrected chi connectivity index (χ3v) is 1.71. The summed E-state index contributed by atoms with van der Waals surface area (Å²) in [6.07, 6.45) is 3.52. The molecule has 0 aromatic heterocycles. The predicted molar refractivity (Wildman–Crippen MR) is 62.7 cm³/mol. The van der Waals surface area contributed by atoms with E-state index in [0.717, 1.165) is 5.56 Å². The van der Waals surface area contributed by atoms with Gasteiger partial charge in [-0.3, -0.25) is 0 Å². The number of anilines is 1. The molecule has 3 N–H and O–H groups in total. The monoisotopic (exact) mass is 217 g/mol. The fraction of sp³-hybridized carbons (Fsp3) is 0.100. The van der Waals surface area contributed by atoms with Crippen molar-refractivity contribution in [3.05, 3.63) is 46.3 Å². The maximum Gasteiger partial charge on any atom is 0.316 e. The first-order chi connectivity index (χ1) is 7.72. The number of urea groups is 1. The maximum absolute atomic E-state index is 10.6. The molecule has 0 atom stereocenters. The van der Waals surface area contributed by atoms with Crippen molar-refractivity contribution in [2.75, 3.05) is 11.9 Å². The van der Waals surface area contributed by atoms with Gasteiger partial charge in [-0.2, -0.15) is 0 Å². The lowest BCUT2D eigenvalue weighted by Gasteiger charge is -2.01. The van der Waals surface area contributed by atoms with Crippen LogP contribution in [-0.4, -0.2) is 12.6 Å². The normalized spacial score (nSPS) is 9.75. The van der Waals surface area contributed by atoms with E-state index < -0.39 is 6.03 Å². The van der Waals surface area contributed by atoms with Gasteiger partial charge >= 0.3 is 6.03 Å². The molecule has 0 radical (unpaired) electrons. The van der Waals surface area contributed by atoms with Crippen LogP contribution >= 0.6 is 0 Å². The van der Waals surface area contributed by atoms with Crippen molar-refractivity contribution in [2.45, 2.75) is 0 Å². The Morgan fingerprint density at radius 1 is 1.62 bits per heavy atom. The van der Waals surface area contributed by atoms with Crippen molar-refractivity contribution >= 4 is 17.8 Å². The standard InChI is InChI=1S/C10H11N5O/c11-10(16)14-9-5-1-3-8(7-9)4-2-6-13-15-12/h1-5,7H,6H2,(H3,11,14,16). The molecule has 0 saturated carbocycles. The van der Waals surface area contributed by atoms with Crippen molar-refractivity contribution in [2.24, 2.45) is 10.8 Å².